The summed E-state index contributed by atoms with van der Waals surface area (Å²) >= 11 is 5.84. The maximum absolute atomic E-state index is 14.6. The van der Waals surface area contributed by atoms with Gasteiger partial charge in [0.2, 0.25) is 0 Å². The maximum atomic E-state index is 14.6. The zero-order valence-corrected chi connectivity index (χ0v) is 38.6. The Morgan fingerprint density at radius 2 is 1.63 bits per heavy atom. The number of alkyl halides is 1. The van der Waals surface area contributed by atoms with Crippen LogP contribution in [0.1, 0.15) is 140 Å². The fourth-order valence-corrected chi connectivity index (χ4v) is 11.2. The van der Waals surface area contributed by atoms with Crippen LogP contribution in [0.5, 0.6) is 0 Å². The van der Waals surface area contributed by atoms with Gasteiger partial charge in [-0.3, -0.25) is 9.59 Å². The van der Waals surface area contributed by atoms with Crippen LogP contribution >= 0.6 is 11.6 Å². The molecule has 2 spiro atoms. The fourth-order valence-electron chi connectivity index (χ4n) is 11.1. The number of hydrogen-bond donors (Lipinski definition) is 4. The first-order chi connectivity index (χ1) is 28.2. The molecule has 13 nitrogen and oxygen atoms in total. The summed E-state index contributed by atoms with van der Waals surface area (Å²) in [4.78, 5) is 39.8. The van der Waals surface area contributed by atoms with Crippen LogP contribution in [0.25, 0.3) is 0 Å². The Balaban J connectivity index is 1.38. The number of ether oxygens (including phenoxy) is 6. The summed E-state index contributed by atoms with van der Waals surface area (Å²) in [7, 11) is 0. The van der Waals surface area contributed by atoms with Crippen LogP contribution < -0.4 is 5.32 Å². The lowest BCUT2D eigenvalue weighted by molar-refractivity contribution is -0.398. The molecule has 0 bridgehead atoms. The number of aliphatic hydroxyl groups excluding tert-OH is 1. The molecule has 14 heteroatoms. The largest absolute Gasteiger partial charge is 0.481 e. The van der Waals surface area contributed by atoms with E-state index in [9.17, 15) is 29.7 Å². The molecule has 18 atom stereocenters. The number of carbonyl (C=O) groups is 3. The SMILES string of the molecule is CC[C@@H](C(=O)[C@@H](C)[C@@H](O)[C@H](C)[C@@H]1O[C@@H]([C@@H](CC)C(=O)O)CC[C@@H]1C)[C@H]1O[C@]2(C=C[C@@H](NC(=O)OCCCCl)[C@]3(CC[C@@](C)([C@H]4CC[C@](O)(CC)[C@H](C)O4)O3)O2)[C@H](C)C[C@@H]1C. The van der Waals surface area contributed by atoms with Crippen molar-refractivity contribution in [2.24, 2.45) is 41.4 Å². The third kappa shape index (κ3) is 9.93. The van der Waals surface area contributed by atoms with Crippen molar-refractivity contribution in [2.45, 2.75) is 205 Å². The fraction of sp³-hybridized carbons (Fsp3) is 0.891. The van der Waals surface area contributed by atoms with Gasteiger partial charge in [0.1, 0.15) is 11.8 Å². The number of hydrogen-bond acceptors (Lipinski definition) is 11. The number of aliphatic carboxylic acids is 1. The molecule has 0 aromatic heterocycles. The van der Waals surface area contributed by atoms with Gasteiger partial charge in [-0.1, -0.05) is 61.5 Å². The smallest absolute Gasteiger partial charge is 0.407 e. The van der Waals surface area contributed by atoms with Crippen molar-refractivity contribution in [3.63, 3.8) is 0 Å². The van der Waals surface area contributed by atoms with Gasteiger partial charge in [-0.2, -0.15) is 0 Å². The van der Waals surface area contributed by atoms with E-state index in [1.807, 2.05) is 53.7 Å². The lowest BCUT2D eigenvalue weighted by Crippen LogP contribution is -2.65. The molecule has 0 saturated carbocycles. The van der Waals surface area contributed by atoms with Crippen LogP contribution in [-0.2, 0) is 38.0 Å². The molecule has 0 radical (unpaired) electrons. The minimum Gasteiger partial charge on any atom is -0.481 e. The van der Waals surface area contributed by atoms with E-state index in [-0.39, 0.29) is 36.2 Å². The van der Waals surface area contributed by atoms with Crippen LogP contribution in [0.2, 0.25) is 0 Å². The molecule has 5 heterocycles. The zero-order valence-electron chi connectivity index (χ0n) is 37.8. The third-order valence-corrected chi connectivity index (χ3v) is 15.5. The van der Waals surface area contributed by atoms with Crippen molar-refractivity contribution in [1.29, 1.82) is 0 Å². The van der Waals surface area contributed by atoms with Gasteiger partial charge in [-0.25, -0.2) is 4.79 Å². The average Bonchev–Trinajstić information content (AvgIpc) is 3.55. The van der Waals surface area contributed by atoms with E-state index in [4.69, 9.17) is 40.0 Å². The molecule has 0 aromatic carbocycles. The Kier molecular flexibility index (Phi) is 16.3. The van der Waals surface area contributed by atoms with Crippen molar-refractivity contribution >= 4 is 29.4 Å². The molecule has 4 saturated heterocycles. The number of rotatable bonds is 16. The number of carbonyl (C=O) groups excluding carboxylic acids is 2. The third-order valence-electron chi connectivity index (χ3n) is 15.3. The van der Waals surface area contributed by atoms with Crippen molar-refractivity contribution in [2.75, 3.05) is 12.5 Å². The summed E-state index contributed by atoms with van der Waals surface area (Å²) in [6, 6.07) is -0.747. The van der Waals surface area contributed by atoms with Gasteiger partial charge < -0.3 is 49.1 Å². The molecule has 5 aliphatic heterocycles. The highest BCUT2D eigenvalue weighted by Crippen LogP contribution is 2.54. The quantitative estimate of drug-likeness (QED) is 0.0681. The first kappa shape index (κ1) is 49.2. The highest BCUT2D eigenvalue weighted by atomic mass is 35.5. The Morgan fingerprint density at radius 1 is 0.933 bits per heavy atom. The molecule has 0 unspecified atom stereocenters. The normalized spacial score (nSPS) is 42.0. The summed E-state index contributed by atoms with van der Waals surface area (Å²) in [5.41, 5.74) is -1.74. The molecule has 4 N–H and O–H groups in total. The number of nitrogens with one attached hydrogen (secondary N) is 1. The van der Waals surface area contributed by atoms with Crippen LogP contribution in [-0.4, -0.2) is 111 Å². The average molecular weight is 871 g/mol. The molecular weight excluding hydrogens is 794 g/mol. The second-order valence-corrected chi connectivity index (χ2v) is 19.6. The summed E-state index contributed by atoms with van der Waals surface area (Å²) < 4.78 is 39.8. The van der Waals surface area contributed by atoms with Gasteiger partial charge in [0, 0.05) is 36.0 Å². The van der Waals surface area contributed by atoms with Crippen molar-refractivity contribution < 1.29 is 58.1 Å². The van der Waals surface area contributed by atoms with E-state index >= 15 is 0 Å². The van der Waals surface area contributed by atoms with Crippen molar-refractivity contribution in [3.05, 3.63) is 12.2 Å². The van der Waals surface area contributed by atoms with Crippen molar-refractivity contribution in [3.8, 4) is 0 Å². The van der Waals surface area contributed by atoms with Gasteiger partial charge in [-0.05, 0) is 96.0 Å². The van der Waals surface area contributed by atoms with Crippen molar-refractivity contribution in [1.82, 2.24) is 5.32 Å². The number of amides is 1. The number of alkyl carbamates (subject to hydrolysis) is 1. The second-order valence-electron chi connectivity index (χ2n) is 19.3. The molecule has 0 aliphatic carbocycles. The molecule has 4 fully saturated rings. The number of aliphatic hydroxyl groups is 2. The van der Waals surface area contributed by atoms with Crippen LogP contribution in [0.15, 0.2) is 12.2 Å². The first-order valence-corrected chi connectivity index (χ1v) is 23.5. The number of carboxylic acids is 1. The maximum Gasteiger partial charge on any atom is 0.407 e. The summed E-state index contributed by atoms with van der Waals surface area (Å²) in [6.45, 7) is 19.7. The Labute approximate surface area is 363 Å². The predicted molar refractivity (Wildman–Crippen MR) is 226 cm³/mol. The van der Waals surface area contributed by atoms with Gasteiger partial charge in [0.05, 0.1) is 60.4 Å². The van der Waals surface area contributed by atoms with E-state index in [2.05, 4.69) is 26.1 Å². The molecule has 5 aliphatic rings. The zero-order chi connectivity index (χ0) is 44.4. The second kappa shape index (κ2) is 19.9. The minimum absolute atomic E-state index is 0.0318. The van der Waals surface area contributed by atoms with E-state index < -0.39 is 95.1 Å². The summed E-state index contributed by atoms with van der Waals surface area (Å²) in [5.74, 6) is -5.79. The number of carboxylic acid groups (broad SMARTS) is 1. The number of Topliss-reactive ketones (excluding diaryl/α,β-unsaturated/α-hetero) is 1. The van der Waals surface area contributed by atoms with E-state index in [1.54, 1.807) is 6.92 Å². The molecule has 60 heavy (non-hydrogen) atoms. The van der Waals surface area contributed by atoms with Crippen LogP contribution in [0, 0.1) is 41.4 Å². The predicted octanol–water partition coefficient (Wildman–Crippen LogP) is 7.55. The standard InChI is InChI=1S/C46H76ClNO12/c1-11-32(41(51)52)34-16-15-26(4)39(57-34)30(8)37(49)29(7)38(50)33(12-2)40-27(5)25-28(6)45(58-40)20-17-35(48-42(53)55-24-14-23-47)46(60-45)22-21-43(10,59-46)36-18-19-44(54,13-3)31(9)56-36/h17,20,26-37,39-40,49,54H,11-16,18-19,21-25H2,1-10H3,(H,48,53)(H,51,52)/t26-,27-,28+,29-,30-,31-,32+,33-,34+,35+,36+,37+,39+,40-,43-,44+,45-,46-/m0/s1. The van der Waals surface area contributed by atoms with Gasteiger partial charge in [0.25, 0.3) is 0 Å². The van der Waals surface area contributed by atoms with Crippen LogP contribution in [0.4, 0.5) is 4.79 Å². The van der Waals surface area contributed by atoms with E-state index in [0.717, 1.165) is 6.42 Å². The minimum atomic E-state index is -1.38. The number of halogens is 1. The topological polar surface area (TPSA) is 179 Å². The first-order valence-electron chi connectivity index (χ1n) is 23.0. The van der Waals surface area contributed by atoms with Crippen LogP contribution in [0.3, 0.4) is 0 Å². The van der Waals surface area contributed by atoms with E-state index in [1.165, 1.54) is 0 Å². The monoisotopic (exact) mass is 870 g/mol. The van der Waals surface area contributed by atoms with E-state index in [0.29, 0.717) is 70.1 Å². The molecule has 0 aromatic rings. The van der Waals surface area contributed by atoms with Gasteiger partial charge in [-0.15, -0.1) is 11.6 Å². The highest BCUT2D eigenvalue weighted by Gasteiger charge is 2.63. The summed E-state index contributed by atoms with van der Waals surface area (Å²) in [6.07, 6.45) is 6.12. The Morgan fingerprint density at radius 3 is 2.25 bits per heavy atom. The lowest BCUT2D eigenvalue weighted by atomic mass is 9.72. The highest BCUT2D eigenvalue weighted by molar-refractivity contribution is 6.17. The Hall–Kier alpha value is -1.84. The van der Waals surface area contributed by atoms with Gasteiger partial charge in [0.15, 0.2) is 11.6 Å². The molecule has 1 amide bonds. The molecular formula is C46H76ClNO12. The lowest BCUT2D eigenvalue weighted by Gasteiger charge is -2.55. The molecule has 344 valence electrons. The number of ketones is 1. The Bertz CT molecular complexity index is 1520. The molecule has 5 rings (SSSR count). The van der Waals surface area contributed by atoms with Gasteiger partial charge >= 0.3 is 12.1 Å². The summed E-state index contributed by atoms with van der Waals surface area (Å²) in [5, 5.41) is 35.8.